The van der Waals surface area contributed by atoms with Gasteiger partial charge in [-0.1, -0.05) is 6.07 Å². The van der Waals surface area contributed by atoms with Crippen molar-refractivity contribution in [2.45, 2.75) is 18.8 Å². The largest absolute Gasteiger partial charge is 0.481 e. The number of amides is 1. The normalized spacial score (nSPS) is 20.9. The van der Waals surface area contributed by atoms with Crippen LogP contribution in [0.4, 0.5) is 8.78 Å². The molecule has 0 radical (unpaired) electrons. The number of benzene rings is 1. The molecule has 0 spiro atoms. The number of carboxylic acid groups (broad SMARTS) is 1. The number of carbonyl (C=O) groups excluding carboxylic acids is 1. The molecule has 19 heavy (non-hydrogen) atoms. The molecule has 0 aromatic heterocycles. The minimum atomic E-state index is -0.989. The summed E-state index contributed by atoms with van der Waals surface area (Å²) in [5, 5.41) is 10.9. The molecule has 4 nitrogen and oxygen atoms in total. The highest BCUT2D eigenvalue weighted by molar-refractivity contribution is 5.83. The second-order valence-electron chi connectivity index (χ2n) is 4.55. The zero-order valence-electron chi connectivity index (χ0n) is 10.0. The van der Waals surface area contributed by atoms with E-state index in [2.05, 4.69) is 5.32 Å². The van der Waals surface area contributed by atoms with Crippen LogP contribution < -0.4 is 5.32 Å². The summed E-state index contributed by atoms with van der Waals surface area (Å²) in [5.41, 5.74) is 0.333. The van der Waals surface area contributed by atoms with Crippen LogP contribution in [0, 0.1) is 17.6 Å². The summed E-state index contributed by atoms with van der Waals surface area (Å²) in [6, 6.07) is 3.31. The molecule has 0 unspecified atom stereocenters. The van der Waals surface area contributed by atoms with Crippen molar-refractivity contribution in [3.8, 4) is 0 Å². The molecule has 1 aromatic carbocycles. The first-order chi connectivity index (χ1) is 8.99. The van der Waals surface area contributed by atoms with E-state index in [0.717, 1.165) is 12.1 Å². The molecule has 1 aliphatic rings. The highest BCUT2D eigenvalue weighted by Crippen LogP contribution is 2.48. The maximum atomic E-state index is 13.5. The standard InChI is InChI=1S/C13H13F2NO3/c14-7-1-2-8(11(15)5-7)9-6-10(9)13(19)16-4-3-12(17)18/h1-2,5,9-10H,3-4,6H2,(H,16,19)(H,17,18)/t9-,10-/m0/s1. The van der Waals surface area contributed by atoms with Crippen molar-refractivity contribution in [3.05, 3.63) is 35.4 Å². The van der Waals surface area contributed by atoms with E-state index in [1.54, 1.807) is 0 Å². The van der Waals surface area contributed by atoms with Crippen LogP contribution in [0.3, 0.4) is 0 Å². The van der Waals surface area contributed by atoms with Gasteiger partial charge in [0.25, 0.3) is 0 Å². The fourth-order valence-electron chi connectivity index (χ4n) is 2.05. The minimum Gasteiger partial charge on any atom is -0.481 e. The van der Waals surface area contributed by atoms with Crippen LogP contribution in [0.5, 0.6) is 0 Å². The Hall–Kier alpha value is -1.98. The minimum absolute atomic E-state index is 0.0588. The Morgan fingerprint density at radius 3 is 2.74 bits per heavy atom. The molecular weight excluding hydrogens is 256 g/mol. The van der Waals surface area contributed by atoms with Crippen LogP contribution in [0.15, 0.2) is 18.2 Å². The van der Waals surface area contributed by atoms with E-state index in [9.17, 15) is 18.4 Å². The molecular formula is C13H13F2NO3. The summed E-state index contributed by atoms with van der Waals surface area (Å²) in [6.45, 7) is 0.0588. The smallest absolute Gasteiger partial charge is 0.305 e. The van der Waals surface area contributed by atoms with E-state index in [0.29, 0.717) is 12.0 Å². The van der Waals surface area contributed by atoms with Gasteiger partial charge in [0.15, 0.2) is 0 Å². The Morgan fingerprint density at radius 1 is 1.37 bits per heavy atom. The first-order valence-electron chi connectivity index (χ1n) is 5.93. The predicted octanol–water partition coefficient (Wildman–Crippen LogP) is 1.66. The monoisotopic (exact) mass is 269 g/mol. The highest BCUT2D eigenvalue weighted by atomic mass is 19.1. The number of nitrogens with one attached hydrogen (secondary N) is 1. The Bertz CT molecular complexity index is 519. The van der Waals surface area contributed by atoms with Crippen molar-refractivity contribution >= 4 is 11.9 Å². The lowest BCUT2D eigenvalue weighted by Gasteiger charge is -2.04. The van der Waals surface area contributed by atoms with Crippen LogP contribution in [0.2, 0.25) is 0 Å². The molecule has 2 N–H and O–H groups in total. The molecule has 1 fully saturated rings. The maximum Gasteiger partial charge on any atom is 0.305 e. The van der Waals surface area contributed by atoms with E-state index in [1.807, 2.05) is 0 Å². The number of hydrogen-bond acceptors (Lipinski definition) is 2. The van der Waals surface area contributed by atoms with Gasteiger partial charge in [-0.25, -0.2) is 8.78 Å². The summed E-state index contributed by atoms with van der Waals surface area (Å²) < 4.78 is 26.2. The van der Waals surface area contributed by atoms with Crippen molar-refractivity contribution < 1.29 is 23.5 Å². The van der Waals surface area contributed by atoms with E-state index < -0.39 is 17.6 Å². The first kappa shape index (κ1) is 13.5. The Morgan fingerprint density at radius 2 is 2.11 bits per heavy atom. The number of hydrogen-bond donors (Lipinski definition) is 2. The van der Waals surface area contributed by atoms with Crippen molar-refractivity contribution in [1.29, 1.82) is 0 Å². The van der Waals surface area contributed by atoms with E-state index >= 15 is 0 Å². The Balaban J connectivity index is 1.89. The quantitative estimate of drug-likeness (QED) is 0.854. The highest BCUT2D eigenvalue weighted by Gasteiger charge is 2.45. The molecule has 1 saturated carbocycles. The molecule has 2 rings (SSSR count). The van der Waals surface area contributed by atoms with Crippen molar-refractivity contribution in [2.75, 3.05) is 6.54 Å². The molecule has 6 heteroatoms. The fraction of sp³-hybridized carbons (Fsp3) is 0.385. The SMILES string of the molecule is O=C(O)CCNC(=O)[C@H]1C[C@H]1c1ccc(F)cc1F. The Kier molecular flexibility index (Phi) is 3.78. The lowest BCUT2D eigenvalue weighted by Crippen LogP contribution is -2.27. The van der Waals surface area contributed by atoms with Crippen LogP contribution in [-0.2, 0) is 9.59 Å². The van der Waals surface area contributed by atoms with Gasteiger partial charge >= 0.3 is 5.97 Å². The summed E-state index contributed by atoms with van der Waals surface area (Å²) in [7, 11) is 0. The molecule has 0 saturated heterocycles. The van der Waals surface area contributed by atoms with Gasteiger partial charge < -0.3 is 10.4 Å². The van der Waals surface area contributed by atoms with E-state index in [4.69, 9.17) is 5.11 Å². The second-order valence-corrected chi connectivity index (χ2v) is 4.55. The van der Waals surface area contributed by atoms with Gasteiger partial charge in [-0.2, -0.15) is 0 Å². The topological polar surface area (TPSA) is 66.4 Å². The number of rotatable bonds is 5. The molecule has 0 aliphatic heterocycles. The third kappa shape index (κ3) is 3.27. The van der Waals surface area contributed by atoms with Crippen molar-refractivity contribution in [2.24, 2.45) is 5.92 Å². The number of halogens is 2. The first-order valence-corrected chi connectivity index (χ1v) is 5.93. The zero-order valence-corrected chi connectivity index (χ0v) is 10.0. The molecule has 1 aliphatic carbocycles. The van der Waals surface area contributed by atoms with Crippen LogP contribution in [0.25, 0.3) is 0 Å². The lowest BCUT2D eigenvalue weighted by atomic mass is 10.1. The maximum absolute atomic E-state index is 13.5. The molecule has 1 aromatic rings. The summed E-state index contributed by atoms with van der Waals surface area (Å²) in [4.78, 5) is 21.9. The number of carboxylic acids is 1. The van der Waals surface area contributed by atoms with Gasteiger partial charge in [0.2, 0.25) is 5.91 Å². The molecule has 102 valence electrons. The predicted molar refractivity (Wildman–Crippen MR) is 62.5 cm³/mol. The van der Waals surface area contributed by atoms with Crippen molar-refractivity contribution in [3.63, 3.8) is 0 Å². The molecule has 0 bridgehead atoms. The summed E-state index contributed by atoms with van der Waals surface area (Å²) >= 11 is 0. The zero-order chi connectivity index (χ0) is 14.0. The number of aliphatic carboxylic acids is 1. The molecule has 2 atom stereocenters. The van der Waals surface area contributed by atoms with Gasteiger partial charge in [-0.05, 0) is 24.0 Å². The van der Waals surface area contributed by atoms with Crippen molar-refractivity contribution in [1.82, 2.24) is 5.32 Å². The van der Waals surface area contributed by atoms with Gasteiger partial charge in [0.1, 0.15) is 11.6 Å². The van der Waals surface area contributed by atoms with E-state index in [1.165, 1.54) is 6.07 Å². The molecule has 0 heterocycles. The van der Waals surface area contributed by atoms with Crippen LogP contribution in [0.1, 0.15) is 24.3 Å². The fourth-order valence-corrected chi connectivity index (χ4v) is 2.05. The lowest BCUT2D eigenvalue weighted by molar-refractivity contribution is -0.136. The van der Waals surface area contributed by atoms with Gasteiger partial charge in [-0.15, -0.1) is 0 Å². The average Bonchev–Trinajstić information content (AvgIpc) is 3.08. The third-order valence-electron chi connectivity index (χ3n) is 3.13. The Labute approximate surface area is 108 Å². The van der Waals surface area contributed by atoms with Gasteiger partial charge in [-0.3, -0.25) is 9.59 Å². The van der Waals surface area contributed by atoms with E-state index in [-0.39, 0.29) is 30.7 Å². The van der Waals surface area contributed by atoms with Crippen LogP contribution in [-0.4, -0.2) is 23.5 Å². The number of carbonyl (C=O) groups is 2. The van der Waals surface area contributed by atoms with Gasteiger partial charge in [0.05, 0.1) is 6.42 Å². The van der Waals surface area contributed by atoms with Crippen LogP contribution >= 0.6 is 0 Å². The molecule has 1 amide bonds. The second kappa shape index (κ2) is 5.34. The third-order valence-corrected chi connectivity index (χ3v) is 3.13. The average molecular weight is 269 g/mol. The summed E-state index contributed by atoms with van der Waals surface area (Å²) in [6.07, 6.45) is 0.357. The van der Waals surface area contributed by atoms with Gasteiger partial charge in [0, 0.05) is 18.5 Å². The summed E-state index contributed by atoms with van der Waals surface area (Å²) in [5.74, 6) is -3.17.